The summed E-state index contributed by atoms with van der Waals surface area (Å²) in [5.74, 6) is 0.987. The Hall–Kier alpha value is -3.05. The Labute approximate surface area is 214 Å². The van der Waals surface area contributed by atoms with Crippen LogP contribution in [0.5, 0.6) is 0 Å². The molecule has 0 saturated carbocycles. The van der Waals surface area contributed by atoms with Gasteiger partial charge in [0.25, 0.3) is 0 Å². The number of hydrogen-bond acceptors (Lipinski definition) is 3. The summed E-state index contributed by atoms with van der Waals surface area (Å²) in [6.07, 6.45) is 2.41. The van der Waals surface area contributed by atoms with Gasteiger partial charge in [0.1, 0.15) is 6.04 Å². The maximum Gasteiger partial charge on any atom is 0.243 e. The van der Waals surface area contributed by atoms with Gasteiger partial charge in [0.15, 0.2) is 0 Å². The highest BCUT2D eigenvalue weighted by atomic mass is 32.2. The van der Waals surface area contributed by atoms with Crippen molar-refractivity contribution in [1.82, 2.24) is 10.2 Å². The summed E-state index contributed by atoms with van der Waals surface area (Å²) < 4.78 is 0. The van der Waals surface area contributed by atoms with Crippen LogP contribution in [0.25, 0.3) is 0 Å². The Morgan fingerprint density at radius 1 is 0.886 bits per heavy atom. The van der Waals surface area contributed by atoms with Crippen molar-refractivity contribution < 1.29 is 9.59 Å². The van der Waals surface area contributed by atoms with Gasteiger partial charge in [0.2, 0.25) is 11.8 Å². The van der Waals surface area contributed by atoms with E-state index in [0.717, 1.165) is 29.7 Å². The fourth-order valence-corrected chi connectivity index (χ4v) is 4.84. The van der Waals surface area contributed by atoms with E-state index in [1.54, 1.807) is 16.7 Å². The van der Waals surface area contributed by atoms with Gasteiger partial charge >= 0.3 is 0 Å². The summed E-state index contributed by atoms with van der Waals surface area (Å²) in [5, 5.41) is 3.07. The number of hydrogen-bond donors (Lipinski definition) is 1. The van der Waals surface area contributed by atoms with Gasteiger partial charge in [-0.25, -0.2) is 0 Å². The second-order valence-corrected chi connectivity index (χ2v) is 9.82. The first-order chi connectivity index (χ1) is 17.1. The quantitative estimate of drug-likeness (QED) is 0.310. The second-order valence-electron chi connectivity index (χ2n) is 8.84. The molecule has 0 unspecified atom stereocenters. The van der Waals surface area contributed by atoms with Crippen LogP contribution in [0.2, 0.25) is 0 Å². The standard InChI is InChI=1S/C30H36N2O2S/c1-3-4-18-31-30(34)28(20-25-13-7-5-8-14-25)32(21-26-15-9-6-10-16-26)29(33)23-35-22-27-17-11-12-24(2)19-27/h5-17,19,28H,3-4,18,20-23H2,1-2H3,(H,31,34)/t28-/m0/s1. The molecule has 0 saturated heterocycles. The number of amides is 2. The van der Waals surface area contributed by atoms with Crippen LogP contribution in [0.1, 0.15) is 42.0 Å². The van der Waals surface area contributed by atoms with Crippen LogP contribution in [-0.4, -0.2) is 35.1 Å². The molecule has 3 rings (SSSR count). The highest BCUT2D eigenvalue weighted by Crippen LogP contribution is 2.19. The molecule has 0 fully saturated rings. The maximum absolute atomic E-state index is 13.6. The Bertz CT molecular complexity index is 1060. The summed E-state index contributed by atoms with van der Waals surface area (Å²) in [4.78, 5) is 28.7. The molecule has 3 aromatic carbocycles. The van der Waals surface area contributed by atoms with Crippen LogP contribution in [0, 0.1) is 6.92 Å². The molecule has 1 atom stereocenters. The Morgan fingerprint density at radius 2 is 1.54 bits per heavy atom. The van der Waals surface area contributed by atoms with Gasteiger partial charge in [0, 0.05) is 25.3 Å². The number of benzene rings is 3. The molecule has 35 heavy (non-hydrogen) atoms. The average molecular weight is 489 g/mol. The van der Waals surface area contributed by atoms with Gasteiger partial charge < -0.3 is 10.2 Å². The Balaban J connectivity index is 1.80. The SMILES string of the molecule is CCCCNC(=O)[C@H](Cc1ccccc1)N(Cc1ccccc1)C(=O)CSCc1cccc(C)c1. The zero-order valence-corrected chi connectivity index (χ0v) is 21.6. The van der Waals surface area contributed by atoms with Crippen LogP contribution >= 0.6 is 11.8 Å². The Morgan fingerprint density at radius 3 is 2.20 bits per heavy atom. The minimum absolute atomic E-state index is 0.0157. The fourth-order valence-electron chi connectivity index (χ4n) is 3.98. The summed E-state index contributed by atoms with van der Waals surface area (Å²) >= 11 is 1.60. The molecule has 0 aliphatic rings. The predicted molar refractivity (Wildman–Crippen MR) is 146 cm³/mol. The van der Waals surface area contributed by atoms with Crippen molar-refractivity contribution in [2.45, 2.75) is 51.4 Å². The third kappa shape index (κ3) is 8.91. The highest BCUT2D eigenvalue weighted by Gasteiger charge is 2.30. The highest BCUT2D eigenvalue weighted by molar-refractivity contribution is 7.99. The van der Waals surface area contributed by atoms with Crippen molar-refractivity contribution in [1.29, 1.82) is 0 Å². The summed E-state index contributed by atoms with van der Waals surface area (Å²) in [7, 11) is 0. The zero-order chi connectivity index (χ0) is 24.9. The smallest absolute Gasteiger partial charge is 0.243 e. The van der Waals surface area contributed by atoms with Gasteiger partial charge in [0.05, 0.1) is 5.75 Å². The van der Waals surface area contributed by atoms with Gasteiger partial charge in [-0.3, -0.25) is 9.59 Å². The third-order valence-electron chi connectivity index (χ3n) is 5.87. The Kier molecular flexibility index (Phi) is 10.9. The van der Waals surface area contributed by atoms with Gasteiger partial charge in [-0.15, -0.1) is 11.8 Å². The lowest BCUT2D eigenvalue weighted by atomic mass is 10.0. The molecule has 2 amide bonds. The molecule has 1 N–H and O–H groups in total. The number of carbonyl (C=O) groups excluding carboxylic acids is 2. The number of thioether (sulfide) groups is 1. The minimum atomic E-state index is -0.568. The van der Waals surface area contributed by atoms with Crippen molar-refractivity contribution in [3.05, 3.63) is 107 Å². The lowest BCUT2D eigenvalue weighted by molar-refractivity contribution is -0.139. The maximum atomic E-state index is 13.6. The second kappa shape index (κ2) is 14.4. The van der Waals surface area contributed by atoms with E-state index in [1.807, 2.05) is 66.7 Å². The first kappa shape index (κ1) is 26.6. The van der Waals surface area contributed by atoms with Gasteiger partial charge in [-0.2, -0.15) is 0 Å². The number of nitrogens with zero attached hydrogens (tertiary/aromatic N) is 1. The molecule has 0 aliphatic heterocycles. The van der Waals surface area contributed by atoms with Crippen molar-refractivity contribution in [3.63, 3.8) is 0 Å². The number of nitrogens with one attached hydrogen (secondary N) is 1. The van der Waals surface area contributed by atoms with E-state index in [2.05, 4.69) is 37.4 Å². The van der Waals surface area contributed by atoms with Crippen LogP contribution in [-0.2, 0) is 28.3 Å². The largest absolute Gasteiger partial charge is 0.354 e. The molecular formula is C30H36N2O2S. The molecule has 4 nitrogen and oxygen atoms in total. The monoisotopic (exact) mass is 488 g/mol. The van der Waals surface area contributed by atoms with Crippen LogP contribution in [0.4, 0.5) is 0 Å². The third-order valence-corrected chi connectivity index (χ3v) is 6.86. The summed E-state index contributed by atoms with van der Waals surface area (Å²) in [6, 6.07) is 27.7. The molecule has 5 heteroatoms. The predicted octanol–water partition coefficient (Wildman–Crippen LogP) is 5.78. The van der Waals surface area contributed by atoms with E-state index in [0.29, 0.717) is 25.3 Å². The van der Waals surface area contributed by atoms with Gasteiger partial charge in [-0.05, 0) is 30.0 Å². The van der Waals surface area contributed by atoms with Gasteiger partial charge in [-0.1, -0.05) is 104 Å². The van der Waals surface area contributed by atoms with E-state index < -0.39 is 6.04 Å². The average Bonchev–Trinajstić information content (AvgIpc) is 2.87. The molecule has 0 radical (unpaired) electrons. The summed E-state index contributed by atoms with van der Waals surface area (Å²) in [5.41, 5.74) is 4.48. The van der Waals surface area contributed by atoms with Crippen molar-refractivity contribution in [2.75, 3.05) is 12.3 Å². The van der Waals surface area contributed by atoms with Crippen LogP contribution < -0.4 is 5.32 Å². The number of rotatable bonds is 13. The normalized spacial score (nSPS) is 11.6. The fraction of sp³-hybridized carbons (Fsp3) is 0.333. The molecule has 3 aromatic rings. The topological polar surface area (TPSA) is 49.4 Å². The van der Waals surface area contributed by atoms with Crippen molar-refractivity contribution >= 4 is 23.6 Å². The van der Waals surface area contributed by atoms with E-state index in [4.69, 9.17) is 0 Å². The molecule has 0 bridgehead atoms. The molecule has 0 spiro atoms. The summed E-state index contributed by atoms with van der Waals surface area (Å²) in [6.45, 7) is 5.20. The zero-order valence-electron chi connectivity index (χ0n) is 20.8. The molecule has 0 heterocycles. The van der Waals surface area contributed by atoms with E-state index >= 15 is 0 Å². The lowest BCUT2D eigenvalue weighted by Gasteiger charge is -2.31. The van der Waals surface area contributed by atoms with Crippen molar-refractivity contribution in [2.24, 2.45) is 0 Å². The van der Waals surface area contributed by atoms with E-state index in [-0.39, 0.29) is 11.8 Å². The number of aryl methyl sites for hydroxylation is 1. The molecular weight excluding hydrogens is 452 g/mol. The molecule has 0 aromatic heterocycles. The first-order valence-electron chi connectivity index (χ1n) is 12.3. The van der Waals surface area contributed by atoms with E-state index in [1.165, 1.54) is 11.1 Å². The van der Waals surface area contributed by atoms with Crippen LogP contribution in [0.3, 0.4) is 0 Å². The molecule has 0 aliphatic carbocycles. The number of unbranched alkanes of at least 4 members (excludes halogenated alkanes) is 1. The van der Waals surface area contributed by atoms with Crippen molar-refractivity contribution in [3.8, 4) is 0 Å². The van der Waals surface area contributed by atoms with E-state index in [9.17, 15) is 9.59 Å². The lowest BCUT2D eigenvalue weighted by Crippen LogP contribution is -2.51. The first-order valence-corrected chi connectivity index (χ1v) is 13.5. The molecule has 184 valence electrons. The number of carbonyl (C=O) groups is 2. The minimum Gasteiger partial charge on any atom is -0.354 e. The van der Waals surface area contributed by atoms with Crippen LogP contribution in [0.15, 0.2) is 84.9 Å².